The second-order valence-electron chi connectivity index (χ2n) is 7.55. The molecular weight excluding hydrogens is 410 g/mol. The van der Waals surface area contributed by atoms with E-state index >= 15 is 0 Å². The Morgan fingerprint density at radius 1 is 1.27 bits per heavy atom. The van der Waals surface area contributed by atoms with Crippen LogP contribution in [0.15, 0.2) is 54.6 Å². The largest absolute Gasteiger partial charge is 0.481 e. The first-order valence-electron chi connectivity index (χ1n) is 9.92. The number of carboxylic acid groups (broad SMARTS) is 1. The molecule has 0 bridgehead atoms. The molecule has 0 unspecified atom stereocenters. The number of carboxylic acids is 1. The highest BCUT2D eigenvalue weighted by atomic mass is 32.1. The van der Waals surface area contributed by atoms with Crippen molar-refractivity contribution in [3.63, 3.8) is 0 Å². The van der Waals surface area contributed by atoms with Crippen molar-refractivity contribution in [3.05, 3.63) is 59.5 Å². The lowest BCUT2D eigenvalue weighted by molar-refractivity contribution is -0.137. The molecule has 1 aliphatic carbocycles. The van der Waals surface area contributed by atoms with Crippen molar-refractivity contribution in [3.8, 4) is 0 Å². The van der Waals surface area contributed by atoms with Gasteiger partial charge in [0.25, 0.3) is 0 Å². The maximum atomic E-state index is 14.8. The zero-order chi connectivity index (χ0) is 21.7. The number of unbranched alkanes of at least 4 members (excludes halogenated alkanes) is 1. The molecule has 160 valence electrons. The van der Waals surface area contributed by atoms with Gasteiger partial charge in [-0.25, -0.2) is 0 Å². The van der Waals surface area contributed by atoms with E-state index < -0.39 is 29.8 Å². The van der Waals surface area contributed by atoms with Crippen LogP contribution in [-0.4, -0.2) is 28.1 Å². The summed E-state index contributed by atoms with van der Waals surface area (Å²) < 4.78 is 30.3. The molecule has 0 amide bonds. The van der Waals surface area contributed by atoms with Crippen molar-refractivity contribution in [1.82, 2.24) is 0 Å². The maximum Gasteiger partial charge on any atom is 0.303 e. The zero-order valence-corrected chi connectivity index (χ0v) is 17.2. The number of aliphatic hydroxyl groups excluding tert-OH is 1. The third-order valence-electron chi connectivity index (χ3n) is 5.33. The monoisotopic (exact) mass is 434 g/mol. The molecule has 1 aromatic heterocycles. The van der Waals surface area contributed by atoms with Crippen molar-refractivity contribution >= 4 is 33.2 Å². The number of halogens is 2. The molecule has 3 rings (SSSR count). The van der Waals surface area contributed by atoms with Crippen molar-refractivity contribution in [2.24, 2.45) is 11.8 Å². The van der Waals surface area contributed by atoms with Gasteiger partial charge in [0.05, 0.1) is 11.0 Å². The summed E-state index contributed by atoms with van der Waals surface area (Å²) in [5.41, 5.74) is 0. The third-order valence-corrected chi connectivity index (χ3v) is 6.53. The van der Waals surface area contributed by atoms with Crippen LogP contribution in [0.3, 0.4) is 0 Å². The smallest absolute Gasteiger partial charge is 0.303 e. The average molecular weight is 435 g/mol. The Balaban J connectivity index is 1.67. The summed E-state index contributed by atoms with van der Waals surface area (Å²) in [7, 11) is 0. The van der Waals surface area contributed by atoms with Crippen LogP contribution >= 0.6 is 11.3 Å². The molecule has 3 atom stereocenters. The lowest BCUT2D eigenvalue weighted by atomic mass is 9.90. The van der Waals surface area contributed by atoms with E-state index in [4.69, 9.17) is 5.11 Å². The van der Waals surface area contributed by atoms with Crippen LogP contribution in [0.1, 0.15) is 37.0 Å². The zero-order valence-electron chi connectivity index (χ0n) is 16.3. The van der Waals surface area contributed by atoms with E-state index in [0.29, 0.717) is 19.3 Å². The number of hydrogen-bond donors (Lipinski definition) is 2. The molecule has 1 aromatic carbocycles. The Morgan fingerprint density at radius 3 is 2.77 bits per heavy atom. The normalized spacial score (nSPS) is 22.6. The number of hydrogen-bond acceptors (Lipinski definition) is 4. The van der Waals surface area contributed by atoms with Gasteiger partial charge in [-0.2, -0.15) is 8.78 Å². The number of ketones is 1. The van der Waals surface area contributed by atoms with Gasteiger partial charge in [0.2, 0.25) is 0 Å². The summed E-state index contributed by atoms with van der Waals surface area (Å²) in [4.78, 5) is 22.7. The Kier molecular flexibility index (Phi) is 7.15. The first-order chi connectivity index (χ1) is 14.3. The fourth-order valence-electron chi connectivity index (χ4n) is 3.72. The molecule has 0 saturated heterocycles. The summed E-state index contributed by atoms with van der Waals surface area (Å²) in [6.07, 6.45) is 6.12. The van der Waals surface area contributed by atoms with Crippen LogP contribution < -0.4 is 0 Å². The standard InChI is InChI=1S/C23H24F2O4S/c24-23(25,21-13-15-7-5-6-9-20(15)30-21)12-11-17-16(18(26)14-19(17)27)8-3-1-2-4-10-22(28)29/h1,3,5-7,9,11-13,16-17,19,27H,2,4,8,10,14H2,(H,28,29)/b3-1-,12-11+/t16-,17-,19-/m1/s1. The Hall–Kier alpha value is -2.38. The number of aliphatic carboxylic acids is 1. The lowest BCUT2D eigenvalue weighted by Gasteiger charge is -2.17. The van der Waals surface area contributed by atoms with Crippen molar-refractivity contribution in [2.75, 3.05) is 0 Å². The molecule has 1 saturated carbocycles. The van der Waals surface area contributed by atoms with E-state index in [1.807, 2.05) is 0 Å². The van der Waals surface area contributed by atoms with Gasteiger partial charge < -0.3 is 10.2 Å². The molecule has 4 nitrogen and oxygen atoms in total. The number of carbonyl (C=O) groups excluding carboxylic acids is 1. The van der Waals surface area contributed by atoms with Crippen LogP contribution in [0.5, 0.6) is 0 Å². The molecule has 1 fully saturated rings. The van der Waals surface area contributed by atoms with Gasteiger partial charge in [-0.1, -0.05) is 36.4 Å². The minimum absolute atomic E-state index is 0.0407. The number of benzene rings is 1. The molecular formula is C23H24F2O4S. The summed E-state index contributed by atoms with van der Waals surface area (Å²) in [6.45, 7) is 0. The van der Waals surface area contributed by atoms with Crippen LogP contribution in [0.4, 0.5) is 8.78 Å². The SMILES string of the molecule is O=C(O)CCC/C=C\C[C@H]1C(=O)C[C@@H](O)[C@@H]1/C=C/C(F)(F)c1cc2ccccc2s1. The van der Waals surface area contributed by atoms with E-state index in [-0.39, 0.29) is 23.5 Å². The quantitative estimate of drug-likeness (QED) is 0.414. The fourth-order valence-corrected chi connectivity index (χ4v) is 4.74. The first kappa shape index (κ1) is 22.3. The van der Waals surface area contributed by atoms with Crippen LogP contribution in [0, 0.1) is 11.8 Å². The molecule has 30 heavy (non-hydrogen) atoms. The average Bonchev–Trinajstić information content (AvgIpc) is 3.24. The Bertz CT molecular complexity index is 930. The van der Waals surface area contributed by atoms with Gasteiger partial charge in [-0.05, 0) is 42.9 Å². The fraction of sp³-hybridized carbons (Fsp3) is 0.391. The number of fused-ring (bicyclic) bond motifs is 1. The summed E-state index contributed by atoms with van der Waals surface area (Å²) >= 11 is 1.03. The summed E-state index contributed by atoms with van der Waals surface area (Å²) in [6, 6.07) is 8.65. The van der Waals surface area contributed by atoms with Crippen LogP contribution in [0.25, 0.3) is 10.1 Å². The van der Waals surface area contributed by atoms with Crippen LogP contribution in [-0.2, 0) is 15.5 Å². The maximum absolute atomic E-state index is 14.8. The van der Waals surface area contributed by atoms with Gasteiger partial charge in [0.15, 0.2) is 0 Å². The molecule has 1 heterocycles. The number of rotatable bonds is 9. The molecule has 0 radical (unpaired) electrons. The number of allylic oxidation sites excluding steroid dienone is 3. The highest BCUT2D eigenvalue weighted by Crippen LogP contribution is 2.40. The highest BCUT2D eigenvalue weighted by Gasteiger charge is 2.40. The van der Waals surface area contributed by atoms with Gasteiger partial charge in [0, 0.05) is 29.4 Å². The van der Waals surface area contributed by atoms with Gasteiger partial charge in [-0.15, -0.1) is 11.3 Å². The number of aliphatic hydroxyl groups is 1. The van der Waals surface area contributed by atoms with Crippen LogP contribution in [0.2, 0.25) is 0 Å². The number of thiophene rings is 1. The Morgan fingerprint density at radius 2 is 2.03 bits per heavy atom. The second kappa shape index (κ2) is 9.62. The van der Waals surface area contributed by atoms with Crippen molar-refractivity contribution in [2.45, 2.75) is 44.1 Å². The van der Waals surface area contributed by atoms with E-state index in [2.05, 4.69) is 0 Å². The van der Waals surface area contributed by atoms with Gasteiger partial charge in [0.1, 0.15) is 5.78 Å². The molecule has 7 heteroatoms. The van der Waals surface area contributed by atoms with Crippen molar-refractivity contribution in [1.29, 1.82) is 0 Å². The topological polar surface area (TPSA) is 74.6 Å². The minimum atomic E-state index is -3.19. The Labute approximate surface area is 177 Å². The molecule has 2 aromatic rings. The first-order valence-corrected chi connectivity index (χ1v) is 10.7. The predicted octanol–water partition coefficient (Wildman–Crippen LogP) is 5.32. The van der Waals surface area contributed by atoms with Gasteiger partial charge >= 0.3 is 11.9 Å². The second-order valence-corrected chi connectivity index (χ2v) is 8.63. The van der Waals surface area contributed by atoms with E-state index in [0.717, 1.165) is 27.5 Å². The number of alkyl halides is 2. The number of carbonyl (C=O) groups is 2. The minimum Gasteiger partial charge on any atom is -0.481 e. The third kappa shape index (κ3) is 5.40. The van der Waals surface area contributed by atoms with Crippen molar-refractivity contribution < 1.29 is 28.6 Å². The summed E-state index contributed by atoms with van der Waals surface area (Å²) in [5, 5.41) is 19.6. The summed E-state index contributed by atoms with van der Waals surface area (Å²) in [5.74, 6) is -5.40. The lowest BCUT2D eigenvalue weighted by Crippen LogP contribution is -2.19. The molecule has 0 spiro atoms. The predicted molar refractivity (Wildman–Crippen MR) is 113 cm³/mol. The van der Waals surface area contributed by atoms with Gasteiger partial charge in [-0.3, -0.25) is 9.59 Å². The molecule has 0 aliphatic heterocycles. The van der Waals surface area contributed by atoms with E-state index in [1.165, 1.54) is 12.1 Å². The van der Waals surface area contributed by atoms with E-state index in [1.54, 1.807) is 36.4 Å². The molecule has 1 aliphatic rings. The van der Waals surface area contributed by atoms with E-state index in [9.17, 15) is 23.5 Å². The highest BCUT2D eigenvalue weighted by molar-refractivity contribution is 7.19. The molecule has 2 N–H and O–H groups in total. The number of Topliss-reactive ketones (excluding diaryl/α,β-unsaturated/α-hetero) is 1.